The Morgan fingerprint density at radius 2 is 2.00 bits per heavy atom. The van der Waals surface area contributed by atoms with Gasteiger partial charge in [-0.25, -0.2) is 9.48 Å². The molecule has 6 nitrogen and oxygen atoms in total. The third-order valence-corrected chi connectivity index (χ3v) is 3.44. The van der Waals surface area contributed by atoms with Crippen molar-refractivity contribution in [2.45, 2.75) is 6.36 Å². The molecule has 1 N–H and O–H groups in total. The number of carboxylic acids is 1. The fraction of sp³-hybridized carbons (Fsp3) is 0.0625. The molecule has 0 saturated heterocycles. The van der Waals surface area contributed by atoms with Crippen molar-refractivity contribution in [1.82, 2.24) is 14.8 Å². The molecule has 0 bridgehead atoms. The molecular formula is C16H9ClF3N3O3. The first-order valence-corrected chi connectivity index (χ1v) is 7.41. The lowest BCUT2D eigenvalue weighted by Crippen LogP contribution is -2.17. The largest absolute Gasteiger partial charge is 0.573 e. The second-order valence-corrected chi connectivity index (χ2v) is 5.50. The Labute approximate surface area is 149 Å². The van der Waals surface area contributed by atoms with Crippen molar-refractivity contribution in [1.29, 1.82) is 0 Å². The Kier molecular flexibility index (Phi) is 4.56. The number of aromatic carboxylic acids is 1. The predicted octanol–water partition coefficient (Wildman–Crippen LogP) is 4.18. The minimum atomic E-state index is -4.89. The topological polar surface area (TPSA) is 77.2 Å². The van der Waals surface area contributed by atoms with Gasteiger partial charge in [0.2, 0.25) is 0 Å². The number of carboxylic acid groups (broad SMARTS) is 1. The van der Waals surface area contributed by atoms with E-state index in [1.807, 2.05) is 0 Å². The number of alkyl halides is 3. The molecule has 134 valence electrons. The van der Waals surface area contributed by atoms with Crippen LogP contribution in [-0.2, 0) is 0 Å². The molecule has 0 amide bonds. The van der Waals surface area contributed by atoms with Gasteiger partial charge in [-0.15, -0.1) is 13.2 Å². The Bertz CT molecular complexity index is 958. The summed E-state index contributed by atoms with van der Waals surface area (Å²) in [6.07, 6.45) is -1.95. The molecule has 0 aliphatic heterocycles. The molecule has 2 aromatic heterocycles. The summed E-state index contributed by atoms with van der Waals surface area (Å²) in [4.78, 5) is 15.2. The second kappa shape index (κ2) is 6.68. The highest BCUT2D eigenvalue weighted by Crippen LogP contribution is 2.33. The summed E-state index contributed by atoms with van der Waals surface area (Å²) in [6.45, 7) is 0. The van der Waals surface area contributed by atoms with E-state index in [-0.39, 0.29) is 22.0 Å². The number of hydrogen-bond acceptors (Lipinski definition) is 4. The van der Waals surface area contributed by atoms with Gasteiger partial charge in [0.25, 0.3) is 0 Å². The van der Waals surface area contributed by atoms with Crippen molar-refractivity contribution in [3.63, 3.8) is 0 Å². The zero-order valence-corrected chi connectivity index (χ0v) is 13.5. The number of rotatable bonds is 4. The Balaban J connectivity index is 2.16. The van der Waals surface area contributed by atoms with Crippen molar-refractivity contribution in [2.75, 3.05) is 0 Å². The first kappa shape index (κ1) is 17.7. The molecule has 10 heteroatoms. The zero-order chi connectivity index (χ0) is 18.9. The molecule has 0 atom stereocenters. The highest BCUT2D eigenvalue weighted by atomic mass is 35.5. The zero-order valence-electron chi connectivity index (χ0n) is 12.7. The Hall–Kier alpha value is -3.07. The van der Waals surface area contributed by atoms with Gasteiger partial charge in [0.05, 0.1) is 17.6 Å². The maximum atomic E-state index is 12.5. The molecule has 1 aromatic carbocycles. The van der Waals surface area contributed by atoms with E-state index >= 15 is 0 Å². The molecule has 3 aromatic rings. The summed E-state index contributed by atoms with van der Waals surface area (Å²) in [5.41, 5.74) is 0.543. The molecule has 26 heavy (non-hydrogen) atoms. The van der Waals surface area contributed by atoms with Gasteiger partial charge in [0, 0.05) is 16.8 Å². The number of hydrogen-bond donors (Lipinski definition) is 1. The van der Waals surface area contributed by atoms with Gasteiger partial charge >= 0.3 is 12.3 Å². The van der Waals surface area contributed by atoms with Crippen LogP contribution in [0.5, 0.6) is 5.75 Å². The number of aromatic nitrogens is 3. The molecule has 2 heterocycles. The minimum Gasteiger partial charge on any atom is -0.476 e. The average molecular weight is 384 g/mol. The van der Waals surface area contributed by atoms with Crippen LogP contribution in [0.1, 0.15) is 10.5 Å². The van der Waals surface area contributed by atoms with Crippen molar-refractivity contribution < 1.29 is 27.8 Å². The number of carbonyl (C=O) groups is 1. The van der Waals surface area contributed by atoms with Crippen molar-refractivity contribution in [3.05, 3.63) is 59.5 Å². The molecule has 0 saturated carbocycles. The SMILES string of the molecule is O=C(O)c1cc(-c2cc(Cl)cc(OC(F)(F)F)c2)n(-c2cccnc2)n1. The summed E-state index contributed by atoms with van der Waals surface area (Å²) in [5.74, 6) is -1.82. The van der Waals surface area contributed by atoms with Crippen LogP contribution in [0.15, 0.2) is 48.8 Å². The van der Waals surface area contributed by atoms with Crippen molar-refractivity contribution in [3.8, 4) is 22.7 Å². The van der Waals surface area contributed by atoms with Crippen LogP contribution in [-0.4, -0.2) is 32.2 Å². The normalized spacial score (nSPS) is 11.4. The van der Waals surface area contributed by atoms with E-state index in [0.717, 1.165) is 12.1 Å². The van der Waals surface area contributed by atoms with Crippen LogP contribution in [0.4, 0.5) is 13.2 Å². The third-order valence-electron chi connectivity index (χ3n) is 3.22. The molecular weight excluding hydrogens is 375 g/mol. The smallest absolute Gasteiger partial charge is 0.476 e. The van der Waals surface area contributed by atoms with Crippen LogP contribution < -0.4 is 4.74 Å². The Morgan fingerprint density at radius 3 is 2.62 bits per heavy atom. The van der Waals surface area contributed by atoms with Gasteiger partial charge in [0.1, 0.15) is 5.75 Å². The molecule has 0 radical (unpaired) electrons. The number of nitrogens with zero attached hydrogens (tertiary/aromatic N) is 3. The predicted molar refractivity (Wildman–Crippen MR) is 85.4 cm³/mol. The van der Waals surface area contributed by atoms with Crippen LogP contribution >= 0.6 is 11.6 Å². The summed E-state index contributed by atoms with van der Waals surface area (Å²) in [7, 11) is 0. The van der Waals surface area contributed by atoms with E-state index in [9.17, 15) is 23.1 Å². The molecule has 0 fully saturated rings. The maximum absolute atomic E-state index is 12.5. The highest BCUT2D eigenvalue weighted by Gasteiger charge is 2.31. The van der Waals surface area contributed by atoms with Crippen molar-refractivity contribution in [2.24, 2.45) is 0 Å². The lowest BCUT2D eigenvalue weighted by atomic mass is 10.1. The molecule has 0 aliphatic rings. The number of ether oxygens (including phenoxy) is 1. The summed E-state index contributed by atoms with van der Waals surface area (Å²) in [5, 5.41) is 13.1. The molecule has 0 aliphatic carbocycles. The maximum Gasteiger partial charge on any atom is 0.573 e. The van der Waals surface area contributed by atoms with Gasteiger partial charge in [0.15, 0.2) is 5.69 Å². The van der Waals surface area contributed by atoms with Gasteiger partial charge < -0.3 is 9.84 Å². The van der Waals surface area contributed by atoms with E-state index in [1.165, 1.54) is 29.2 Å². The molecule has 0 unspecified atom stereocenters. The van der Waals surface area contributed by atoms with E-state index in [0.29, 0.717) is 5.69 Å². The standard InChI is InChI=1S/C16H9ClF3N3O3/c17-10-4-9(5-12(6-10)26-16(18,19)20)14-7-13(15(24)25)22-23(14)11-2-1-3-21-8-11/h1-8H,(H,24,25). The monoisotopic (exact) mass is 383 g/mol. The van der Waals surface area contributed by atoms with Crippen LogP contribution in [0.25, 0.3) is 16.9 Å². The summed E-state index contributed by atoms with van der Waals surface area (Å²) < 4.78 is 42.6. The lowest BCUT2D eigenvalue weighted by Gasteiger charge is -2.12. The van der Waals surface area contributed by atoms with E-state index < -0.39 is 18.1 Å². The van der Waals surface area contributed by atoms with E-state index in [1.54, 1.807) is 12.1 Å². The van der Waals surface area contributed by atoms with E-state index in [4.69, 9.17) is 11.6 Å². The van der Waals surface area contributed by atoms with Crippen molar-refractivity contribution >= 4 is 17.6 Å². The first-order chi connectivity index (χ1) is 12.2. The third kappa shape index (κ3) is 3.94. The van der Waals surface area contributed by atoms with Gasteiger partial charge in [-0.05, 0) is 36.4 Å². The number of benzene rings is 1. The first-order valence-electron chi connectivity index (χ1n) is 7.03. The van der Waals surface area contributed by atoms with Gasteiger partial charge in [-0.2, -0.15) is 5.10 Å². The fourth-order valence-electron chi connectivity index (χ4n) is 2.27. The van der Waals surface area contributed by atoms with Crippen LogP contribution in [0.2, 0.25) is 5.02 Å². The van der Waals surface area contributed by atoms with Gasteiger partial charge in [-0.1, -0.05) is 11.6 Å². The lowest BCUT2D eigenvalue weighted by molar-refractivity contribution is -0.274. The molecule has 0 spiro atoms. The number of pyridine rings is 1. The van der Waals surface area contributed by atoms with Crippen LogP contribution in [0.3, 0.4) is 0 Å². The van der Waals surface area contributed by atoms with E-state index in [2.05, 4.69) is 14.8 Å². The average Bonchev–Trinajstić information content (AvgIpc) is 2.99. The summed E-state index contributed by atoms with van der Waals surface area (Å²) >= 11 is 5.89. The van der Waals surface area contributed by atoms with Gasteiger partial charge in [-0.3, -0.25) is 4.98 Å². The molecule has 3 rings (SSSR count). The summed E-state index contributed by atoms with van der Waals surface area (Å²) in [6, 6.07) is 7.92. The Morgan fingerprint density at radius 1 is 1.23 bits per heavy atom. The number of halogens is 4. The second-order valence-electron chi connectivity index (χ2n) is 5.07. The quantitative estimate of drug-likeness (QED) is 0.731. The fourth-order valence-corrected chi connectivity index (χ4v) is 2.50. The minimum absolute atomic E-state index is 0.0161. The highest BCUT2D eigenvalue weighted by molar-refractivity contribution is 6.31. The van der Waals surface area contributed by atoms with Crippen LogP contribution in [0, 0.1) is 0 Å².